The summed E-state index contributed by atoms with van der Waals surface area (Å²) in [4.78, 5) is 28.8. The van der Waals surface area contributed by atoms with Gasteiger partial charge in [0.15, 0.2) is 0 Å². The van der Waals surface area contributed by atoms with Gasteiger partial charge < -0.3 is 10.2 Å². The topological polar surface area (TPSA) is 86.8 Å². The fraction of sp³-hybridized carbons (Fsp3) is 0.355. The third-order valence-electron chi connectivity index (χ3n) is 6.68. The minimum absolute atomic E-state index is 0.0957. The second kappa shape index (κ2) is 12.9. The molecule has 0 fully saturated rings. The van der Waals surface area contributed by atoms with E-state index in [0.717, 1.165) is 26.6 Å². The molecule has 0 bridgehead atoms. The van der Waals surface area contributed by atoms with E-state index in [1.807, 2.05) is 77.9 Å². The highest BCUT2D eigenvalue weighted by Gasteiger charge is 2.34. The Bertz CT molecular complexity index is 1390. The quantitative estimate of drug-likeness (QED) is 0.359. The van der Waals surface area contributed by atoms with Gasteiger partial charge in [-0.2, -0.15) is 0 Å². The zero-order chi connectivity index (χ0) is 28.7. The number of carbonyl (C=O) groups excluding carboxylic acids is 2. The van der Waals surface area contributed by atoms with Crippen molar-refractivity contribution in [3.63, 3.8) is 0 Å². The Balaban J connectivity index is 2.07. The van der Waals surface area contributed by atoms with E-state index in [9.17, 15) is 18.0 Å². The Hall–Kier alpha value is -3.65. The van der Waals surface area contributed by atoms with Gasteiger partial charge in [-0.3, -0.25) is 13.9 Å². The molecule has 0 aromatic heterocycles. The standard InChI is InChI=1S/C31H39N3O4S/c1-7-29(31(36)32-22(2)3)33(20-26-11-9-8-10-12-26)30(35)21-34(27-16-15-24(5)25(6)19-27)39(37,38)28-17-13-23(4)14-18-28/h8-19,22,29H,7,20-21H2,1-6H3,(H,32,36)/t29-/m0/s1. The molecular weight excluding hydrogens is 510 g/mol. The van der Waals surface area contributed by atoms with Crippen molar-refractivity contribution in [2.75, 3.05) is 10.8 Å². The van der Waals surface area contributed by atoms with E-state index in [2.05, 4.69) is 5.32 Å². The Morgan fingerprint density at radius 1 is 0.872 bits per heavy atom. The zero-order valence-corrected chi connectivity index (χ0v) is 24.5. The fourth-order valence-corrected chi connectivity index (χ4v) is 5.73. The van der Waals surface area contributed by atoms with Crippen molar-refractivity contribution in [2.45, 2.75) is 71.5 Å². The lowest BCUT2D eigenvalue weighted by Gasteiger charge is -2.33. The Labute approximate surface area is 232 Å². The number of nitrogens with one attached hydrogen (secondary N) is 1. The minimum atomic E-state index is -4.09. The molecule has 0 saturated heterocycles. The lowest BCUT2D eigenvalue weighted by molar-refractivity contribution is -0.140. The molecule has 0 spiro atoms. The fourth-order valence-electron chi connectivity index (χ4n) is 4.33. The van der Waals surface area contributed by atoms with Crippen LogP contribution in [0.1, 0.15) is 49.4 Å². The van der Waals surface area contributed by atoms with Crippen LogP contribution < -0.4 is 9.62 Å². The molecule has 0 aliphatic rings. The van der Waals surface area contributed by atoms with E-state index in [-0.39, 0.29) is 23.4 Å². The second-order valence-electron chi connectivity index (χ2n) is 10.2. The van der Waals surface area contributed by atoms with E-state index in [0.29, 0.717) is 12.1 Å². The Morgan fingerprint density at radius 3 is 2.08 bits per heavy atom. The van der Waals surface area contributed by atoms with Gasteiger partial charge in [-0.1, -0.05) is 61.0 Å². The molecule has 0 aliphatic heterocycles. The molecule has 7 nitrogen and oxygen atoms in total. The van der Waals surface area contributed by atoms with Gasteiger partial charge in [0.2, 0.25) is 11.8 Å². The molecule has 1 atom stereocenters. The highest BCUT2D eigenvalue weighted by Crippen LogP contribution is 2.27. The number of nitrogens with zero attached hydrogens (tertiary/aromatic N) is 2. The molecule has 8 heteroatoms. The second-order valence-corrected chi connectivity index (χ2v) is 12.1. The summed E-state index contributed by atoms with van der Waals surface area (Å²) in [5.74, 6) is -0.727. The average molecular weight is 550 g/mol. The van der Waals surface area contributed by atoms with Crippen molar-refractivity contribution in [1.29, 1.82) is 0 Å². The van der Waals surface area contributed by atoms with Crippen LogP contribution in [0.3, 0.4) is 0 Å². The molecule has 3 aromatic rings. The van der Waals surface area contributed by atoms with Gasteiger partial charge in [-0.05, 0) is 82.0 Å². The van der Waals surface area contributed by atoms with E-state index in [1.54, 1.807) is 36.4 Å². The summed E-state index contributed by atoms with van der Waals surface area (Å²) in [6, 6.07) is 20.4. The number of rotatable bonds is 11. The molecule has 1 N–H and O–H groups in total. The zero-order valence-electron chi connectivity index (χ0n) is 23.6. The normalized spacial score (nSPS) is 12.2. The summed E-state index contributed by atoms with van der Waals surface area (Å²) in [6.45, 7) is 11.0. The van der Waals surface area contributed by atoms with E-state index in [4.69, 9.17) is 0 Å². The number of aryl methyl sites for hydroxylation is 3. The van der Waals surface area contributed by atoms with Crippen molar-refractivity contribution in [3.05, 3.63) is 95.1 Å². The summed E-state index contributed by atoms with van der Waals surface area (Å²) < 4.78 is 29.1. The number of hydrogen-bond donors (Lipinski definition) is 1. The molecule has 3 rings (SSSR count). The van der Waals surface area contributed by atoms with Crippen LogP contribution in [0.4, 0.5) is 5.69 Å². The Kier molecular flexibility index (Phi) is 9.92. The van der Waals surface area contributed by atoms with Gasteiger partial charge in [0.05, 0.1) is 10.6 Å². The summed E-state index contributed by atoms with van der Waals surface area (Å²) in [6.07, 6.45) is 0.380. The summed E-state index contributed by atoms with van der Waals surface area (Å²) in [5.41, 5.74) is 4.10. The van der Waals surface area contributed by atoms with Crippen LogP contribution in [0.2, 0.25) is 0 Å². The highest BCUT2D eigenvalue weighted by molar-refractivity contribution is 7.92. The van der Waals surface area contributed by atoms with Crippen LogP contribution in [0.5, 0.6) is 0 Å². The predicted molar refractivity (Wildman–Crippen MR) is 156 cm³/mol. The third-order valence-corrected chi connectivity index (χ3v) is 8.47. The predicted octanol–water partition coefficient (Wildman–Crippen LogP) is 5.14. The van der Waals surface area contributed by atoms with Gasteiger partial charge in [0, 0.05) is 12.6 Å². The van der Waals surface area contributed by atoms with Crippen molar-refractivity contribution in [1.82, 2.24) is 10.2 Å². The maximum atomic E-state index is 14.0. The van der Waals surface area contributed by atoms with Crippen molar-refractivity contribution in [3.8, 4) is 0 Å². The molecule has 2 amide bonds. The van der Waals surface area contributed by atoms with Crippen molar-refractivity contribution >= 4 is 27.5 Å². The monoisotopic (exact) mass is 549 g/mol. The summed E-state index contributed by atoms with van der Waals surface area (Å²) >= 11 is 0. The molecule has 3 aromatic carbocycles. The average Bonchev–Trinajstić information content (AvgIpc) is 2.89. The lowest BCUT2D eigenvalue weighted by atomic mass is 10.1. The van der Waals surface area contributed by atoms with Gasteiger partial charge in [0.1, 0.15) is 12.6 Å². The molecule has 208 valence electrons. The number of sulfonamides is 1. The summed E-state index contributed by atoms with van der Waals surface area (Å²) in [5, 5.41) is 2.91. The number of carbonyl (C=O) groups is 2. The molecule has 39 heavy (non-hydrogen) atoms. The molecular formula is C31H39N3O4S. The number of anilines is 1. The molecule has 0 unspecified atom stereocenters. The smallest absolute Gasteiger partial charge is 0.264 e. The molecule has 0 aliphatic carbocycles. The first kappa shape index (κ1) is 29.9. The van der Waals surface area contributed by atoms with E-state index < -0.39 is 28.5 Å². The first-order valence-electron chi connectivity index (χ1n) is 13.2. The van der Waals surface area contributed by atoms with Gasteiger partial charge in [-0.15, -0.1) is 0 Å². The maximum absolute atomic E-state index is 14.0. The van der Waals surface area contributed by atoms with Crippen LogP contribution in [-0.2, 0) is 26.2 Å². The number of amides is 2. The maximum Gasteiger partial charge on any atom is 0.264 e. The first-order valence-corrected chi connectivity index (χ1v) is 14.7. The largest absolute Gasteiger partial charge is 0.352 e. The van der Waals surface area contributed by atoms with Crippen molar-refractivity contribution < 1.29 is 18.0 Å². The minimum Gasteiger partial charge on any atom is -0.352 e. The van der Waals surface area contributed by atoms with Crippen molar-refractivity contribution in [2.24, 2.45) is 0 Å². The van der Waals surface area contributed by atoms with Gasteiger partial charge in [0.25, 0.3) is 10.0 Å². The lowest BCUT2D eigenvalue weighted by Crippen LogP contribution is -2.53. The SMILES string of the molecule is CC[C@@H](C(=O)NC(C)C)N(Cc1ccccc1)C(=O)CN(c1ccc(C)c(C)c1)S(=O)(=O)c1ccc(C)cc1. The highest BCUT2D eigenvalue weighted by atomic mass is 32.2. The molecule has 0 saturated carbocycles. The van der Waals surface area contributed by atoms with Crippen LogP contribution in [0.15, 0.2) is 77.7 Å². The van der Waals surface area contributed by atoms with E-state index in [1.165, 1.54) is 4.90 Å². The molecule has 0 heterocycles. The van der Waals surface area contributed by atoms with Gasteiger partial charge in [-0.25, -0.2) is 8.42 Å². The van der Waals surface area contributed by atoms with Crippen LogP contribution in [0, 0.1) is 20.8 Å². The van der Waals surface area contributed by atoms with Crippen LogP contribution >= 0.6 is 0 Å². The number of hydrogen-bond acceptors (Lipinski definition) is 4. The number of benzene rings is 3. The van der Waals surface area contributed by atoms with Crippen LogP contribution in [0.25, 0.3) is 0 Å². The first-order chi connectivity index (χ1) is 18.4. The van der Waals surface area contributed by atoms with Crippen LogP contribution in [-0.4, -0.2) is 43.8 Å². The molecule has 0 radical (unpaired) electrons. The van der Waals surface area contributed by atoms with Gasteiger partial charge >= 0.3 is 0 Å². The summed E-state index contributed by atoms with van der Waals surface area (Å²) in [7, 11) is -4.09. The Morgan fingerprint density at radius 2 is 1.51 bits per heavy atom. The third kappa shape index (κ3) is 7.47. The van der Waals surface area contributed by atoms with E-state index >= 15 is 0 Å².